The molecule has 158 valence electrons. The standard InChI is InChI=1S/C21H14F3N3O3S/c1-31(29,30)16-9-7-15(8-10-16)27-20(28)17-6-3-11-25-19(17)18(26-27)13-4-2-5-14(12-13)21(22,23)24/h2-12H,1H3. The highest BCUT2D eigenvalue weighted by molar-refractivity contribution is 7.90. The molecule has 0 bridgehead atoms. The van der Waals surface area contributed by atoms with E-state index in [9.17, 15) is 26.4 Å². The zero-order valence-electron chi connectivity index (χ0n) is 16.0. The van der Waals surface area contributed by atoms with E-state index in [0.29, 0.717) is 0 Å². The number of aromatic nitrogens is 3. The fourth-order valence-corrected chi connectivity index (χ4v) is 3.75. The molecule has 31 heavy (non-hydrogen) atoms. The number of sulfone groups is 1. The lowest BCUT2D eigenvalue weighted by molar-refractivity contribution is -0.137. The highest BCUT2D eigenvalue weighted by Crippen LogP contribution is 2.33. The predicted octanol–water partition coefficient (Wildman–Crippen LogP) is 3.87. The lowest BCUT2D eigenvalue weighted by Crippen LogP contribution is -2.22. The van der Waals surface area contributed by atoms with Crippen LogP contribution in [0.25, 0.3) is 27.8 Å². The van der Waals surface area contributed by atoms with Gasteiger partial charge in [0.2, 0.25) is 0 Å². The summed E-state index contributed by atoms with van der Waals surface area (Å²) >= 11 is 0. The number of hydrogen-bond donors (Lipinski definition) is 0. The lowest BCUT2D eigenvalue weighted by Gasteiger charge is -2.12. The van der Waals surface area contributed by atoms with E-state index in [0.717, 1.165) is 23.1 Å². The lowest BCUT2D eigenvalue weighted by atomic mass is 10.1. The molecule has 0 saturated carbocycles. The Kier molecular flexibility index (Phi) is 4.89. The third-order valence-corrected chi connectivity index (χ3v) is 5.76. The van der Waals surface area contributed by atoms with Crippen molar-refractivity contribution in [3.8, 4) is 16.9 Å². The van der Waals surface area contributed by atoms with E-state index in [2.05, 4.69) is 10.1 Å². The molecule has 0 N–H and O–H groups in total. The molecule has 0 aliphatic carbocycles. The van der Waals surface area contributed by atoms with Crippen LogP contribution in [0.5, 0.6) is 0 Å². The predicted molar refractivity (Wildman–Crippen MR) is 109 cm³/mol. The van der Waals surface area contributed by atoms with Gasteiger partial charge in [0.15, 0.2) is 9.84 Å². The fourth-order valence-electron chi connectivity index (χ4n) is 3.12. The maximum Gasteiger partial charge on any atom is 0.416 e. The third-order valence-electron chi connectivity index (χ3n) is 4.63. The zero-order valence-corrected chi connectivity index (χ0v) is 16.8. The van der Waals surface area contributed by atoms with Crippen LogP contribution >= 0.6 is 0 Å². The quantitative estimate of drug-likeness (QED) is 0.478. The molecule has 2 aromatic heterocycles. The van der Waals surface area contributed by atoms with E-state index >= 15 is 0 Å². The number of halogens is 3. The minimum Gasteiger partial charge on any atom is -0.267 e. The van der Waals surface area contributed by atoms with Crippen molar-refractivity contribution in [2.75, 3.05) is 6.26 Å². The molecule has 6 nitrogen and oxygen atoms in total. The van der Waals surface area contributed by atoms with Crippen molar-refractivity contribution >= 4 is 20.7 Å². The van der Waals surface area contributed by atoms with Crippen molar-refractivity contribution in [3.63, 3.8) is 0 Å². The van der Waals surface area contributed by atoms with Gasteiger partial charge in [0.25, 0.3) is 5.56 Å². The summed E-state index contributed by atoms with van der Waals surface area (Å²) in [5.41, 5.74) is -0.738. The van der Waals surface area contributed by atoms with Gasteiger partial charge in [-0.05, 0) is 48.5 Å². The van der Waals surface area contributed by atoms with Gasteiger partial charge in [-0.1, -0.05) is 12.1 Å². The Morgan fingerprint density at radius 3 is 2.32 bits per heavy atom. The molecule has 2 aromatic carbocycles. The van der Waals surface area contributed by atoms with Crippen molar-refractivity contribution in [1.82, 2.24) is 14.8 Å². The first kappa shape index (κ1) is 20.7. The molecular weight excluding hydrogens is 431 g/mol. The number of benzene rings is 2. The second kappa shape index (κ2) is 7.31. The van der Waals surface area contributed by atoms with Crippen LogP contribution in [0.2, 0.25) is 0 Å². The van der Waals surface area contributed by atoms with Crippen LogP contribution in [-0.2, 0) is 16.0 Å². The van der Waals surface area contributed by atoms with E-state index in [-0.39, 0.29) is 32.7 Å². The maximum atomic E-state index is 13.2. The van der Waals surface area contributed by atoms with E-state index < -0.39 is 27.1 Å². The first-order chi connectivity index (χ1) is 14.6. The molecular formula is C21H14F3N3O3S. The fraction of sp³-hybridized carbons (Fsp3) is 0.0952. The summed E-state index contributed by atoms with van der Waals surface area (Å²) in [7, 11) is -3.44. The molecule has 0 aliphatic rings. The van der Waals surface area contributed by atoms with Crippen LogP contribution in [-0.4, -0.2) is 29.4 Å². The van der Waals surface area contributed by atoms with Gasteiger partial charge in [-0.15, -0.1) is 0 Å². The average molecular weight is 445 g/mol. The Labute approximate surface area is 174 Å². The largest absolute Gasteiger partial charge is 0.416 e. The second-order valence-corrected chi connectivity index (χ2v) is 8.83. The Morgan fingerprint density at radius 2 is 1.68 bits per heavy atom. The molecule has 0 radical (unpaired) electrons. The SMILES string of the molecule is CS(=O)(=O)c1ccc(-n2nc(-c3cccc(C(F)(F)F)c3)c3ncccc3c2=O)cc1. The molecule has 0 amide bonds. The van der Waals surface area contributed by atoms with E-state index in [1.807, 2.05) is 0 Å². The van der Waals surface area contributed by atoms with Gasteiger partial charge in [0.05, 0.1) is 21.5 Å². The number of nitrogens with zero attached hydrogens (tertiary/aromatic N) is 3. The number of rotatable bonds is 3. The Bertz CT molecular complexity index is 1460. The summed E-state index contributed by atoms with van der Waals surface area (Å²) in [6.45, 7) is 0. The van der Waals surface area contributed by atoms with Crippen molar-refractivity contribution < 1.29 is 21.6 Å². The van der Waals surface area contributed by atoms with Gasteiger partial charge in [-0.3, -0.25) is 9.78 Å². The maximum absolute atomic E-state index is 13.2. The van der Waals surface area contributed by atoms with Gasteiger partial charge in [-0.25, -0.2) is 8.42 Å². The van der Waals surface area contributed by atoms with Crippen LogP contribution in [0.15, 0.2) is 76.6 Å². The van der Waals surface area contributed by atoms with Crippen LogP contribution in [0, 0.1) is 0 Å². The monoisotopic (exact) mass is 445 g/mol. The highest BCUT2D eigenvalue weighted by Gasteiger charge is 2.31. The summed E-state index contributed by atoms with van der Waals surface area (Å²) < 4.78 is 64.0. The third kappa shape index (κ3) is 3.93. The van der Waals surface area contributed by atoms with Crippen LogP contribution in [0.3, 0.4) is 0 Å². The van der Waals surface area contributed by atoms with Gasteiger partial charge >= 0.3 is 6.18 Å². The first-order valence-electron chi connectivity index (χ1n) is 8.92. The molecule has 0 unspecified atom stereocenters. The summed E-state index contributed by atoms with van der Waals surface area (Å²) in [5, 5.41) is 4.44. The smallest absolute Gasteiger partial charge is 0.267 e. The summed E-state index contributed by atoms with van der Waals surface area (Å²) in [6, 6.07) is 13.1. The van der Waals surface area contributed by atoms with E-state index in [1.165, 1.54) is 54.7 Å². The molecule has 0 atom stereocenters. The van der Waals surface area contributed by atoms with Crippen molar-refractivity contribution in [1.29, 1.82) is 0 Å². The van der Waals surface area contributed by atoms with Gasteiger partial charge in [0.1, 0.15) is 11.2 Å². The highest BCUT2D eigenvalue weighted by atomic mass is 32.2. The summed E-state index contributed by atoms with van der Waals surface area (Å²) in [5.74, 6) is 0. The molecule has 2 heterocycles. The molecule has 4 aromatic rings. The van der Waals surface area contributed by atoms with Crippen molar-refractivity contribution in [3.05, 3.63) is 82.8 Å². The second-order valence-electron chi connectivity index (χ2n) is 6.81. The molecule has 4 rings (SSSR count). The minimum absolute atomic E-state index is 0.0601. The Morgan fingerprint density at radius 1 is 0.968 bits per heavy atom. The van der Waals surface area contributed by atoms with Crippen molar-refractivity contribution in [2.24, 2.45) is 0 Å². The summed E-state index contributed by atoms with van der Waals surface area (Å²) in [6.07, 6.45) is -2.07. The Balaban J connectivity index is 1.98. The average Bonchev–Trinajstić information content (AvgIpc) is 2.73. The first-order valence-corrected chi connectivity index (χ1v) is 10.8. The molecule has 0 aliphatic heterocycles. The van der Waals surface area contributed by atoms with Crippen LogP contribution < -0.4 is 5.56 Å². The Hall–Kier alpha value is -3.53. The van der Waals surface area contributed by atoms with E-state index in [4.69, 9.17) is 0 Å². The van der Waals surface area contributed by atoms with Gasteiger partial charge in [-0.2, -0.15) is 23.0 Å². The molecule has 0 saturated heterocycles. The summed E-state index contributed by atoms with van der Waals surface area (Å²) in [4.78, 5) is 17.2. The number of alkyl halides is 3. The molecule has 0 spiro atoms. The van der Waals surface area contributed by atoms with Gasteiger partial charge < -0.3 is 0 Å². The number of pyridine rings is 1. The van der Waals surface area contributed by atoms with Crippen LogP contribution in [0.1, 0.15) is 5.56 Å². The normalized spacial score (nSPS) is 12.3. The van der Waals surface area contributed by atoms with Gasteiger partial charge in [0, 0.05) is 18.0 Å². The topological polar surface area (TPSA) is 81.9 Å². The molecule has 10 heteroatoms. The number of fused-ring (bicyclic) bond motifs is 1. The zero-order chi connectivity index (χ0) is 22.4. The minimum atomic E-state index is -4.55. The number of hydrogen-bond acceptors (Lipinski definition) is 5. The molecule has 0 fully saturated rings. The van der Waals surface area contributed by atoms with Crippen LogP contribution in [0.4, 0.5) is 13.2 Å². The van der Waals surface area contributed by atoms with Crippen molar-refractivity contribution in [2.45, 2.75) is 11.1 Å². The van der Waals surface area contributed by atoms with E-state index in [1.54, 1.807) is 0 Å².